The number of hydrogen-bond acceptors (Lipinski definition) is 3. The molecule has 1 aromatic rings. The summed E-state index contributed by atoms with van der Waals surface area (Å²) >= 11 is 0. The lowest BCUT2D eigenvalue weighted by molar-refractivity contribution is -0.139. The van der Waals surface area contributed by atoms with Gasteiger partial charge in [0, 0.05) is 18.4 Å². The molecule has 1 fully saturated rings. The normalized spacial score (nSPS) is 24.9. The molecule has 1 atom stereocenters. The van der Waals surface area contributed by atoms with E-state index in [0.29, 0.717) is 30.8 Å². The second kappa shape index (κ2) is 4.58. The van der Waals surface area contributed by atoms with Crippen molar-refractivity contribution in [1.29, 1.82) is 0 Å². The standard InChI is InChI=1S/C17H21NO3/c1-16(2,3)15(20)18-9-8-17(11-18)10-13(19)12-6-4-5-7-14(12)21-17/h4-7H,8-11H2,1-3H3. The van der Waals surface area contributed by atoms with Gasteiger partial charge in [-0.3, -0.25) is 9.59 Å². The van der Waals surface area contributed by atoms with E-state index in [2.05, 4.69) is 0 Å². The number of carbonyl (C=O) groups excluding carboxylic acids is 2. The number of Topliss-reactive ketones (excluding diaryl/α,β-unsaturated/α-hetero) is 1. The van der Waals surface area contributed by atoms with Gasteiger partial charge in [-0.05, 0) is 12.1 Å². The first-order chi connectivity index (χ1) is 9.81. The van der Waals surface area contributed by atoms with Crippen molar-refractivity contribution < 1.29 is 14.3 Å². The maximum Gasteiger partial charge on any atom is 0.228 e. The molecule has 1 spiro atoms. The van der Waals surface area contributed by atoms with Crippen molar-refractivity contribution >= 4 is 11.7 Å². The largest absolute Gasteiger partial charge is 0.484 e. The average Bonchev–Trinajstić information content (AvgIpc) is 2.80. The molecule has 3 rings (SSSR count). The summed E-state index contributed by atoms with van der Waals surface area (Å²) < 4.78 is 6.13. The summed E-state index contributed by atoms with van der Waals surface area (Å²) in [5, 5.41) is 0. The van der Waals surface area contributed by atoms with E-state index in [1.165, 1.54) is 0 Å². The molecule has 1 saturated heterocycles. The number of ether oxygens (including phenoxy) is 1. The summed E-state index contributed by atoms with van der Waals surface area (Å²) in [5.41, 5.74) is -0.280. The van der Waals surface area contributed by atoms with Crippen LogP contribution in [0.1, 0.15) is 44.0 Å². The minimum Gasteiger partial charge on any atom is -0.484 e. The number of nitrogens with zero attached hydrogens (tertiary/aromatic N) is 1. The Balaban J connectivity index is 1.83. The van der Waals surface area contributed by atoms with E-state index in [4.69, 9.17) is 4.74 Å². The van der Waals surface area contributed by atoms with E-state index < -0.39 is 11.0 Å². The molecule has 4 heteroatoms. The fourth-order valence-electron chi connectivity index (χ4n) is 3.16. The number of carbonyl (C=O) groups is 2. The molecule has 1 unspecified atom stereocenters. The van der Waals surface area contributed by atoms with E-state index in [1.807, 2.05) is 43.9 Å². The average molecular weight is 287 g/mol. The number of benzene rings is 1. The smallest absolute Gasteiger partial charge is 0.228 e. The number of ketones is 1. The van der Waals surface area contributed by atoms with Crippen LogP contribution >= 0.6 is 0 Å². The zero-order chi connectivity index (χ0) is 15.3. The molecule has 0 aromatic heterocycles. The van der Waals surface area contributed by atoms with Gasteiger partial charge in [-0.2, -0.15) is 0 Å². The molecule has 1 aromatic carbocycles. The lowest BCUT2D eigenvalue weighted by Crippen LogP contribution is -2.46. The van der Waals surface area contributed by atoms with Gasteiger partial charge in [-0.25, -0.2) is 0 Å². The van der Waals surface area contributed by atoms with Gasteiger partial charge in [-0.1, -0.05) is 32.9 Å². The number of para-hydroxylation sites is 1. The fraction of sp³-hybridized carbons (Fsp3) is 0.529. The molecule has 112 valence electrons. The number of amides is 1. The van der Waals surface area contributed by atoms with Crippen molar-refractivity contribution in [1.82, 2.24) is 4.90 Å². The van der Waals surface area contributed by atoms with Crippen molar-refractivity contribution in [2.75, 3.05) is 13.1 Å². The zero-order valence-electron chi connectivity index (χ0n) is 12.8. The van der Waals surface area contributed by atoms with E-state index in [0.717, 1.165) is 6.42 Å². The molecule has 2 aliphatic heterocycles. The minimum atomic E-state index is -0.535. The van der Waals surface area contributed by atoms with Crippen LogP contribution in [0, 0.1) is 5.41 Å². The highest BCUT2D eigenvalue weighted by Crippen LogP contribution is 2.39. The summed E-state index contributed by atoms with van der Waals surface area (Å²) in [6, 6.07) is 7.36. The summed E-state index contributed by atoms with van der Waals surface area (Å²) in [4.78, 5) is 26.6. The lowest BCUT2D eigenvalue weighted by atomic mass is 9.89. The molecule has 0 N–H and O–H groups in total. The van der Waals surface area contributed by atoms with Crippen LogP contribution in [0.5, 0.6) is 5.75 Å². The highest BCUT2D eigenvalue weighted by molar-refractivity contribution is 6.00. The van der Waals surface area contributed by atoms with Crippen LogP contribution < -0.4 is 4.74 Å². The number of fused-ring (bicyclic) bond motifs is 1. The third-order valence-electron chi connectivity index (χ3n) is 4.24. The van der Waals surface area contributed by atoms with E-state index in [-0.39, 0.29) is 11.7 Å². The second-order valence-electron chi connectivity index (χ2n) is 7.11. The Bertz CT molecular complexity index is 602. The van der Waals surface area contributed by atoms with Gasteiger partial charge in [0.25, 0.3) is 0 Å². The molecule has 4 nitrogen and oxygen atoms in total. The fourth-order valence-corrected chi connectivity index (χ4v) is 3.16. The van der Waals surface area contributed by atoms with Gasteiger partial charge >= 0.3 is 0 Å². The van der Waals surface area contributed by atoms with Crippen LogP contribution in [0.4, 0.5) is 0 Å². The first-order valence-electron chi connectivity index (χ1n) is 7.41. The summed E-state index contributed by atoms with van der Waals surface area (Å²) in [5.74, 6) is 0.884. The number of rotatable bonds is 0. The van der Waals surface area contributed by atoms with Gasteiger partial charge in [0.2, 0.25) is 5.91 Å². The van der Waals surface area contributed by atoms with Gasteiger partial charge in [-0.15, -0.1) is 0 Å². The maximum absolute atomic E-state index is 12.4. The Kier molecular flexibility index (Phi) is 3.08. The molecule has 2 heterocycles. The number of likely N-dealkylation sites (tertiary alicyclic amines) is 1. The van der Waals surface area contributed by atoms with Crippen molar-refractivity contribution in [3.63, 3.8) is 0 Å². The Labute approximate surface area is 125 Å². The SMILES string of the molecule is CC(C)(C)C(=O)N1CCC2(CC(=O)c3ccccc3O2)C1. The monoisotopic (exact) mass is 287 g/mol. The predicted molar refractivity (Wildman–Crippen MR) is 79.4 cm³/mol. The molecule has 0 radical (unpaired) electrons. The third kappa shape index (κ3) is 2.43. The van der Waals surface area contributed by atoms with Crippen molar-refractivity contribution in [2.45, 2.75) is 39.2 Å². The molecule has 0 aliphatic carbocycles. The lowest BCUT2D eigenvalue weighted by Gasteiger charge is -2.35. The van der Waals surface area contributed by atoms with Crippen LogP contribution in [-0.4, -0.2) is 35.3 Å². The molecular weight excluding hydrogens is 266 g/mol. The van der Waals surface area contributed by atoms with Gasteiger partial charge < -0.3 is 9.64 Å². The van der Waals surface area contributed by atoms with Crippen LogP contribution in [0.3, 0.4) is 0 Å². The molecule has 0 bridgehead atoms. The minimum absolute atomic E-state index is 0.113. The van der Waals surface area contributed by atoms with E-state index in [1.54, 1.807) is 6.07 Å². The highest BCUT2D eigenvalue weighted by atomic mass is 16.5. The van der Waals surface area contributed by atoms with Crippen molar-refractivity contribution in [3.8, 4) is 5.75 Å². The van der Waals surface area contributed by atoms with Crippen LogP contribution in [0.25, 0.3) is 0 Å². The zero-order valence-corrected chi connectivity index (χ0v) is 12.8. The Morgan fingerprint density at radius 2 is 2.00 bits per heavy atom. The summed E-state index contributed by atoms with van der Waals surface area (Å²) in [6.45, 7) is 6.92. The topological polar surface area (TPSA) is 46.6 Å². The predicted octanol–water partition coefficient (Wildman–Crippen LogP) is 2.67. The first kappa shape index (κ1) is 14.1. The van der Waals surface area contributed by atoms with E-state index in [9.17, 15) is 9.59 Å². The summed E-state index contributed by atoms with van der Waals surface area (Å²) in [7, 11) is 0. The molecule has 0 saturated carbocycles. The van der Waals surface area contributed by atoms with Crippen LogP contribution in [0.2, 0.25) is 0 Å². The molecular formula is C17H21NO3. The van der Waals surface area contributed by atoms with Crippen molar-refractivity contribution in [3.05, 3.63) is 29.8 Å². The number of hydrogen-bond donors (Lipinski definition) is 0. The van der Waals surface area contributed by atoms with E-state index >= 15 is 0 Å². The quantitative estimate of drug-likeness (QED) is 0.737. The Morgan fingerprint density at radius 3 is 2.71 bits per heavy atom. The second-order valence-corrected chi connectivity index (χ2v) is 7.11. The van der Waals surface area contributed by atoms with Gasteiger partial charge in [0.05, 0.1) is 18.5 Å². The Hall–Kier alpha value is -1.84. The summed E-state index contributed by atoms with van der Waals surface area (Å²) in [6.07, 6.45) is 1.08. The third-order valence-corrected chi connectivity index (χ3v) is 4.24. The van der Waals surface area contributed by atoms with Crippen molar-refractivity contribution in [2.24, 2.45) is 5.41 Å². The van der Waals surface area contributed by atoms with Crippen LogP contribution in [-0.2, 0) is 4.79 Å². The molecule has 1 amide bonds. The first-order valence-corrected chi connectivity index (χ1v) is 7.41. The van der Waals surface area contributed by atoms with Gasteiger partial charge in [0.1, 0.15) is 11.4 Å². The highest BCUT2D eigenvalue weighted by Gasteiger charge is 2.48. The van der Waals surface area contributed by atoms with Gasteiger partial charge in [0.15, 0.2) is 5.78 Å². The Morgan fingerprint density at radius 1 is 1.29 bits per heavy atom. The molecule has 21 heavy (non-hydrogen) atoms. The van der Waals surface area contributed by atoms with Crippen LogP contribution in [0.15, 0.2) is 24.3 Å². The maximum atomic E-state index is 12.4. The molecule has 2 aliphatic rings.